The fourth-order valence-corrected chi connectivity index (χ4v) is 8.17. The molecule has 0 radical (unpaired) electrons. The van der Waals surface area contributed by atoms with Gasteiger partial charge in [0.15, 0.2) is 0 Å². The summed E-state index contributed by atoms with van der Waals surface area (Å²) in [6.45, 7) is 8.69. The molecule has 6 nitrogen and oxygen atoms in total. The zero-order chi connectivity index (χ0) is 24.6. The van der Waals surface area contributed by atoms with Gasteiger partial charge in [0.2, 0.25) is 0 Å². The highest BCUT2D eigenvalue weighted by Gasteiger charge is 2.62. The van der Waals surface area contributed by atoms with E-state index in [0.717, 1.165) is 19.3 Å². The molecule has 1 unspecified atom stereocenters. The maximum absolute atomic E-state index is 14.0. The number of hydrogen-bond donors (Lipinski definition) is 5. The summed E-state index contributed by atoms with van der Waals surface area (Å²) in [6.07, 6.45) is 3.72. The molecule has 0 heterocycles. The molecule has 0 aromatic carbocycles. The van der Waals surface area contributed by atoms with Crippen LogP contribution in [0.2, 0.25) is 0 Å². The van der Waals surface area contributed by atoms with E-state index in [1.54, 1.807) is 0 Å². The van der Waals surface area contributed by atoms with Crippen molar-refractivity contribution >= 4 is 5.78 Å². The van der Waals surface area contributed by atoms with Crippen molar-refractivity contribution in [1.82, 2.24) is 0 Å². The van der Waals surface area contributed by atoms with E-state index in [-0.39, 0.29) is 36.6 Å². The Balaban J connectivity index is 1.86. The SMILES string of the molecule is CC(C)CCCC(C)[C@H]1CC[C@@H]([C@@H]2C[C@@H](O)[C@@H]3C[C@H](O)[C@@H](O)C[C@]3(CO)C2=O)[C@]1(C)CCO. The maximum Gasteiger partial charge on any atom is 0.145 e. The van der Waals surface area contributed by atoms with Crippen LogP contribution in [0.5, 0.6) is 0 Å². The van der Waals surface area contributed by atoms with Crippen molar-refractivity contribution < 1.29 is 30.3 Å². The first kappa shape index (κ1) is 27.1. The molecule has 0 spiro atoms. The van der Waals surface area contributed by atoms with Gasteiger partial charge in [-0.1, -0.05) is 47.0 Å². The summed E-state index contributed by atoms with van der Waals surface area (Å²) in [6, 6.07) is 0. The fourth-order valence-electron chi connectivity index (χ4n) is 8.17. The highest BCUT2D eigenvalue weighted by molar-refractivity contribution is 5.89. The predicted molar refractivity (Wildman–Crippen MR) is 127 cm³/mol. The third-order valence-electron chi connectivity index (χ3n) is 10.0. The van der Waals surface area contributed by atoms with Gasteiger partial charge in [0.05, 0.1) is 30.3 Å². The van der Waals surface area contributed by atoms with E-state index in [1.807, 2.05) is 0 Å². The average Bonchev–Trinajstić information content (AvgIpc) is 3.08. The van der Waals surface area contributed by atoms with Crippen molar-refractivity contribution in [3.63, 3.8) is 0 Å². The van der Waals surface area contributed by atoms with Crippen LogP contribution >= 0.6 is 0 Å². The molecular weight excluding hydrogens is 420 g/mol. The van der Waals surface area contributed by atoms with Crippen molar-refractivity contribution in [2.45, 2.75) is 104 Å². The zero-order valence-electron chi connectivity index (χ0n) is 21.1. The Morgan fingerprint density at radius 3 is 2.24 bits per heavy atom. The van der Waals surface area contributed by atoms with E-state index >= 15 is 0 Å². The molecule has 5 N–H and O–H groups in total. The summed E-state index contributed by atoms with van der Waals surface area (Å²) in [5.74, 6) is 0.668. The Morgan fingerprint density at radius 2 is 1.64 bits per heavy atom. The lowest BCUT2D eigenvalue weighted by atomic mass is 9.50. The number of fused-ring (bicyclic) bond motifs is 1. The number of carbonyl (C=O) groups is 1. The number of Topliss-reactive ketones (excluding diaryl/α,β-unsaturated/α-hetero) is 1. The van der Waals surface area contributed by atoms with Crippen LogP contribution in [0.4, 0.5) is 0 Å². The van der Waals surface area contributed by atoms with E-state index in [9.17, 15) is 30.3 Å². The minimum absolute atomic E-state index is 0.000193. The van der Waals surface area contributed by atoms with Gasteiger partial charge in [-0.2, -0.15) is 0 Å². The first-order chi connectivity index (χ1) is 15.5. The number of hydrogen-bond acceptors (Lipinski definition) is 6. The van der Waals surface area contributed by atoms with Gasteiger partial charge < -0.3 is 25.5 Å². The second-order valence-electron chi connectivity index (χ2n) is 12.3. The van der Waals surface area contributed by atoms with Crippen LogP contribution in [0, 0.1) is 46.3 Å². The second kappa shape index (κ2) is 10.6. The smallest absolute Gasteiger partial charge is 0.145 e. The molecule has 0 bridgehead atoms. The predicted octanol–water partition coefficient (Wildman–Crippen LogP) is 2.92. The standard InChI is InChI=1S/C27H48O6/c1-16(2)6-5-7-17(3)19-8-9-20(26(19,4)10-11-28)18-12-22(30)21-13-23(31)24(32)14-27(21,15-29)25(18)33/h16-24,28-32H,5-15H2,1-4H3/t17?,18-,19+,20-,21-,22+,23-,24-,26+,27+/m0/s1. The van der Waals surface area contributed by atoms with Crippen molar-refractivity contribution in [2.24, 2.45) is 46.3 Å². The molecule has 0 aromatic heterocycles. The molecule has 6 heteroatoms. The van der Waals surface area contributed by atoms with Crippen molar-refractivity contribution in [3.8, 4) is 0 Å². The fraction of sp³-hybridized carbons (Fsp3) is 0.963. The van der Waals surface area contributed by atoms with Gasteiger partial charge in [-0.15, -0.1) is 0 Å². The van der Waals surface area contributed by atoms with Crippen LogP contribution < -0.4 is 0 Å². The number of rotatable bonds is 9. The summed E-state index contributed by atoms with van der Waals surface area (Å²) in [7, 11) is 0. The molecule has 3 aliphatic rings. The molecule has 3 aliphatic carbocycles. The number of carbonyl (C=O) groups excluding carboxylic acids is 1. The van der Waals surface area contributed by atoms with Crippen LogP contribution in [-0.2, 0) is 4.79 Å². The van der Waals surface area contributed by atoms with Gasteiger partial charge in [0, 0.05) is 18.4 Å². The Kier molecular flexibility index (Phi) is 8.70. The van der Waals surface area contributed by atoms with Gasteiger partial charge in [-0.3, -0.25) is 4.79 Å². The van der Waals surface area contributed by atoms with E-state index in [1.165, 1.54) is 12.8 Å². The van der Waals surface area contributed by atoms with Crippen molar-refractivity contribution in [2.75, 3.05) is 13.2 Å². The summed E-state index contributed by atoms with van der Waals surface area (Å²) in [4.78, 5) is 14.0. The Bertz CT molecular complexity index is 667. The van der Waals surface area contributed by atoms with Crippen LogP contribution in [0.25, 0.3) is 0 Å². The molecule has 3 rings (SSSR count). The number of aliphatic hydroxyl groups excluding tert-OH is 5. The Hall–Kier alpha value is -0.530. The Morgan fingerprint density at radius 1 is 0.939 bits per heavy atom. The van der Waals surface area contributed by atoms with Crippen LogP contribution in [0.1, 0.15) is 85.5 Å². The average molecular weight is 469 g/mol. The molecule has 10 atom stereocenters. The van der Waals surface area contributed by atoms with E-state index in [0.29, 0.717) is 30.6 Å². The highest BCUT2D eigenvalue weighted by Crippen LogP contribution is 2.60. The molecule has 192 valence electrons. The number of aliphatic hydroxyl groups is 5. The zero-order valence-corrected chi connectivity index (χ0v) is 21.1. The van der Waals surface area contributed by atoms with Gasteiger partial charge in [0.25, 0.3) is 0 Å². The first-order valence-electron chi connectivity index (χ1n) is 13.3. The lowest BCUT2D eigenvalue weighted by molar-refractivity contribution is -0.183. The van der Waals surface area contributed by atoms with Crippen molar-refractivity contribution in [3.05, 3.63) is 0 Å². The molecule has 0 amide bonds. The summed E-state index contributed by atoms with van der Waals surface area (Å²) < 4.78 is 0. The summed E-state index contributed by atoms with van der Waals surface area (Å²) in [5.41, 5.74) is -1.40. The quantitative estimate of drug-likeness (QED) is 0.355. The molecule has 0 aromatic rings. The molecule has 3 fully saturated rings. The molecular formula is C27H48O6. The van der Waals surface area contributed by atoms with Crippen LogP contribution in [0.3, 0.4) is 0 Å². The Labute approximate surface area is 199 Å². The van der Waals surface area contributed by atoms with Crippen LogP contribution in [0.15, 0.2) is 0 Å². The largest absolute Gasteiger partial charge is 0.396 e. The van der Waals surface area contributed by atoms with E-state index in [4.69, 9.17) is 0 Å². The van der Waals surface area contributed by atoms with Gasteiger partial charge >= 0.3 is 0 Å². The summed E-state index contributed by atoms with van der Waals surface area (Å²) >= 11 is 0. The molecule has 3 saturated carbocycles. The van der Waals surface area contributed by atoms with Crippen molar-refractivity contribution in [1.29, 1.82) is 0 Å². The highest BCUT2D eigenvalue weighted by atomic mass is 16.3. The van der Waals surface area contributed by atoms with Gasteiger partial charge in [-0.05, 0) is 67.6 Å². The van der Waals surface area contributed by atoms with Gasteiger partial charge in [-0.25, -0.2) is 0 Å². The lowest BCUT2D eigenvalue weighted by Crippen LogP contribution is -2.62. The molecule has 0 aliphatic heterocycles. The minimum atomic E-state index is -1.19. The molecule has 33 heavy (non-hydrogen) atoms. The lowest BCUT2D eigenvalue weighted by Gasteiger charge is -2.54. The minimum Gasteiger partial charge on any atom is -0.396 e. The number of ketones is 1. The monoisotopic (exact) mass is 468 g/mol. The molecule has 0 saturated heterocycles. The summed E-state index contributed by atoms with van der Waals surface area (Å²) in [5, 5.41) is 52.0. The second-order valence-corrected chi connectivity index (χ2v) is 12.3. The maximum atomic E-state index is 14.0. The normalized spacial score (nSPS) is 44.8. The third-order valence-corrected chi connectivity index (χ3v) is 10.0. The van der Waals surface area contributed by atoms with Crippen LogP contribution in [-0.4, -0.2) is 62.8 Å². The first-order valence-corrected chi connectivity index (χ1v) is 13.3. The van der Waals surface area contributed by atoms with Gasteiger partial charge in [0.1, 0.15) is 5.78 Å². The van der Waals surface area contributed by atoms with E-state index in [2.05, 4.69) is 27.7 Å². The topological polar surface area (TPSA) is 118 Å². The third kappa shape index (κ3) is 4.93. The van der Waals surface area contributed by atoms with E-state index < -0.39 is 42.2 Å².